The van der Waals surface area contributed by atoms with Crippen LogP contribution in [-0.4, -0.2) is 89.9 Å². The lowest BCUT2D eigenvalue weighted by Gasteiger charge is -2.37. The Labute approximate surface area is 201 Å². The summed E-state index contributed by atoms with van der Waals surface area (Å²) in [5, 5.41) is 2.93. The van der Waals surface area contributed by atoms with Crippen LogP contribution in [0.15, 0.2) is 24.3 Å². The van der Waals surface area contributed by atoms with E-state index in [4.69, 9.17) is 0 Å². The molecule has 3 fully saturated rings. The van der Waals surface area contributed by atoms with Gasteiger partial charge in [-0.2, -0.15) is 0 Å². The summed E-state index contributed by atoms with van der Waals surface area (Å²) < 4.78 is 13.5. The lowest BCUT2D eigenvalue weighted by atomic mass is 9.85. The number of piperazine rings is 1. The van der Waals surface area contributed by atoms with Crippen molar-refractivity contribution in [1.82, 2.24) is 24.9 Å². The Bertz CT molecular complexity index is 881. The average Bonchev–Trinajstić information content (AvgIpc) is 3.10. The van der Waals surface area contributed by atoms with Crippen molar-refractivity contribution >= 4 is 17.8 Å². The Balaban J connectivity index is 1.35. The van der Waals surface area contributed by atoms with Gasteiger partial charge in [-0.3, -0.25) is 19.4 Å². The number of urea groups is 1. The van der Waals surface area contributed by atoms with Gasteiger partial charge in [0.1, 0.15) is 11.4 Å². The Morgan fingerprint density at radius 3 is 2.26 bits per heavy atom. The number of nitrogens with one attached hydrogen (secondary N) is 1. The maximum Gasteiger partial charge on any atom is 0.326 e. The van der Waals surface area contributed by atoms with Gasteiger partial charge in [0.25, 0.3) is 5.91 Å². The van der Waals surface area contributed by atoms with Gasteiger partial charge in [-0.25, -0.2) is 14.1 Å². The van der Waals surface area contributed by atoms with Crippen LogP contribution in [0.4, 0.5) is 9.18 Å². The van der Waals surface area contributed by atoms with E-state index in [-0.39, 0.29) is 24.3 Å². The number of halogens is 1. The van der Waals surface area contributed by atoms with Crippen LogP contribution in [0.1, 0.15) is 51.0 Å². The number of rotatable bonds is 8. The fourth-order valence-electron chi connectivity index (χ4n) is 5.16. The highest BCUT2D eigenvalue weighted by molar-refractivity contribution is 6.07. The van der Waals surface area contributed by atoms with E-state index in [0.717, 1.165) is 51.9 Å². The van der Waals surface area contributed by atoms with E-state index >= 15 is 0 Å². The second-order valence-electron chi connectivity index (χ2n) is 9.66. The highest BCUT2D eigenvalue weighted by Crippen LogP contribution is 2.34. The standard InChI is InChI=1S/C25H36FN5O3/c1-2-3-11-25(20-7-9-21(26)10-8-20)23(33)31(24(34)27-25)19-29-16-14-28(15-17-29)18-22(32)30-12-5-4-6-13-30/h7-10H,2-6,11-19H2,1H3,(H,27,34). The number of hydrogen-bond donors (Lipinski definition) is 1. The second-order valence-corrected chi connectivity index (χ2v) is 9.66. The summed E-state index contributed by atoms with van der Waals surface area (Å²) in [6.45, 7) is 7.22. The van der Waals surface area contributed by atoms with Crippen LogP contribution in [0, 0.1) is 5.82 Å². The fraction of sp³-hybridized carbons (Fsp3) is 0.640. The van der Waals surface area contributed by atoms with Crippen molar-refractivity contribution in [3.63, 3.8) is 0 Å². The Morgan fingerprint density at radius 2 is 1.62 bits per heavy atom. The molecule has 3 aliphatic rings. The maximum absolute atomic E-state index is 13.5. The number of benzene rings is 1. The van der Waals surface area contributed by atoms with Gasteiger partial charge < -0.3 is 10.2 Å². The first kappa shape index (κ1) is 24.6. The molecule has 1 unspecified atom stereocenters. The molecule has 8 nitrogen and oxygen atoms in total. The summed E-state index contributed by atoms with van der Waals surface area (Å²) in [5.41, 5.74) is -0.534. The number of piperidine rings is 1. The van der Waals surface area contributed by atoms with Gasteiger partial charge in [0, 0.05) is 39.3 Å². The minimum atomic E-state index is -1.15. The highest BCUT2D eigenvalue weighted by Gasteiger charge is 2.52. The number of nitrogens with zero attached hydrogens (tertiary/aromatic N) is 4. The summed E-state index contributed by atoms with van der Waals surface area (Å²) in [6, 6.07) is 5.42. The minimum absolute atomic E-state index is 0.197. The third kappa shape index (κ3) is 5.25. The zero-order valence-corrected chi connectivity index (χ0v) is 20.1. The predicted molar refractivity (Wildman–Crippen MR) is 126 cm³/mol. The number of amides is 4. The van der Waals surface area contributed by atoms with E-state index in [1.807, 2.05) is 11.8 Å². The normalized spacial score (nSPS) is 24.5. The third-order valence-corrected chi connectivity index (χ3v) is 7.29. The van der Waals surface area contributed by atoms with E-state index < -0.39 is 11.6 Å². The van der Waals surface area contributed by atoms with Gasteiger partial charge in [-0.05, 0) is 43.4 Å². The first-order valence-corrected chi connectivity index (χ1v) is 12.6. The molecule has 0 radical (unpaired) electrons. The SMILES string of the molecule is CCCCC1(c2ccc(F)cc2)NC(=O)N(CN2CCN(CC(=O)N3CCCCC3)CC2)C1=O. The summed E-state index contributed by atoms with van der Waals surface area (Å²) in [4.78, 5) is 46.5. The lowest BCUT2D eigenvalue weighted by Crippen LogP contribution is -2.53. The lowest BCUT2D eigenvalue weighted by molar-refractivity contribution is -0.134. The predicted octanol–water partition coefficient (Wildman–Crippen LogP) is 2.35. The average molecular weight is 474 g/mol. The molecule has 1 aromatic carbocycles. The molecule has 0 saturated carbocycles. The van der Waals surface area contributed by atoms with Gasteiger partial charge in [0.15, 0.2) is 0 Å². The van der Waals surface area contributed by atoms with E-state index in [1.54, 1.807) is 12.1 Å². The molecule has 4 amide bonds. The number of carbonyl (C=O) groups excluding carboxylic acids is 3. The van der Waals surface area contributed by atoms with Crippen LogP contribution in [0.2, 0.25) is 0 Å². The van der Waals surface area contributed by atoms with E-state index in [2.05, 4.69) is 15.1 Å². The highest BCUT2D eigenvalue weighted by atomic mass is 19.1. The molecule has 3 saturated heterocycles. The summed E-state index contributed by atoms with van der Waals surface area (Å²) in [5.74, 6) is -0.456. The number of carbonyl (C=O) groups is 3. The van der Waals surface area contributed by atoms with Crippen molar-refractivity contribution in [2.45, 2.75) is 51.0 Å². The monoisotopic (exact) mass is 473 g/mol. The van der Waals surface area contributed by atoms with Crippen LogP contribution >= 0.6 is 0 Å². The van der Waals surface area contributed by atoms with Crippen molar-refractivity contribution in [2.75, 3.05) is 52.5 Å². The molecule has 34 heavy (non-hydrogen) atoms. The number of unbranched alkanes of at least 4 members (excludes halogenated alkanes) is 1. The topological polar surface area (TPSA) is 76.2 Å². The van der Waals surface area contributed by atoms with Gasteiger partial charge >= 0.3 is 6.03 Å². The van der Waals surface area contributed by atoms with Crippen LogP contribution in [0.25, 0.3) is 0 Å². The molecule has 0 aromatic heterocycles. The van der Waals surface area contributed by atoms with Crippen molar-refractivity contribution in [3.05, 3.63) is 35.6 Å². The van der Waals surface area contributed by atoms with Crippen molar-refractivity contribution in [1.29, 1.82) is 0 Å². The third-order valence-electron chi connectivity index (χ3n) is 7.29. The fourth-order valence-corrected chi connectivity index (χ4v) is 5.16. The Morgan fingerprint density at radius 1 is 0.971 bits per heavy atom. The van der Waals surface area contributed by atoms with Crippen LogP contribution < -0.4 is 5.32 Å². The zero-order chi connectivity index (χ0) is 24.1. The molecule has 0 aliphatic carbocycles. The molecule has 9 heteroatoms. The Hall–Kier alpha value is -2.52. The largest absolute Gasteiger partial charge is 0.342 e. The first-order chi connectivity index (χ1) is 16.4. The molecular weight excluding hydrogens is 437 g/mol. The molecule has 1 aromatic rings. The van der Waals surface area contributed by atoms with Crippen LogP contribution in [0.3, 0.4) is 0 Å². The van der Waals surface area contributed by atoms with Crippen LogP contribution in [0.5, 0.6) is 0 Å². The second kappa shape index (κ2) is 10.8. The van der Waals surface area contributed by atoms with Crippen molar-refractivity contribution in [2.24, 2.45) is 0 Å². The minimum Gasteiger partial charge on any atom is -0.342 e. The smallest absolute Gasteiger partial charge is 0.326 e. The van der Waals surface area contributed by atoms with E-state index in [1.165, 1.54) is 23.5 Å². The van der Waals surface area contributed by atoms with Gasteiger partial charge in [-0.1, -0.05) is 31.9 Å². The van der Waals surface area contributed by atoms with Gasteiger partial charge in [0.05, 0.1) is 13.2 Å². The van der Waals surface area contributed by atoms with E-state index in [9.17, 15) is 18.8 Å². The molecule has 1 atom stereocenters. The molecular formula is C25H36FN5O3. The summed E-state index contributed by atoms with van der Waals surface area (Å²) >= 11 is 0. The molecule has 1 N–H and O–H groups in total. The molecule has 3 heterocycles. The van der Waals surface area contributed by atoms with Crippen LogP contribution in [-0.2, 0) is 15.1 Å². The van der Waals surface area contributed by atoms with Gasteiger partial charge in [0.2, 0.25) is 5.91 Å². The summed E-state index contributed by atoms with van der Waals surface area (Å²) in [7, 11) is 0. The molecule has 4 rings (SSSR count). The summed E-state index contributed by atoms with van der Waals surface area (Å²) in [6.07, 6.45) is 5.49. The first-order valence-electron chi connectivity index (χ1n) is 12.6. The number of hydrogen-bond acceptors (Lipinski definition) is 5. The molecule has 186 valence electrons. The number of imide groups is 1. The zero-order valence-electron chi connectivity index (χ0n) is 20.1. The van der Waals surface area contributed by atoms with E-state index in [0.29, 0.717) is 31.6 Å². The molecule has 0 spiro atoms. The van der Waals surface area contributed by atoms with Crippen molar-refractivity contribution in [3.8, 4) is 0 Å². The quantitative estimate of drug-likeness (QED) is 0.587. The molecule has 3 aliphatic heterocycles. The van der Waals surface area contributed by atoms with Crippen molar-refractivity contribution < 1.29 is 18.8 Å². The Kier molecular flexibility index (Phi) is 7.83. The maximum atomic E-state index is 13.5. The number of likely N-dealkylation sites (tertiary alicyclic amines) is 1. The molecule has 0 bridgehead atoms. The van der Waals surface area contributed by atoms with Gasteiger partial charge in [-0.15, -0.1) is 0 Å².